The van der Waals surface area contributed by atoms with Crippen LogP contribution in [0, 0.1) is 0 Å². The fraction of sp³-hybridized carbons (Fsp3) is 0.217. The van der Waals surface area contributed by atoms with Crippen molar-refractivity contribution in [2.75, 3.05) is 26.1 Å². The van der Waals surface area contributed by atoms with E-state index >= 15 is 0 Å². The van der Waals surface area contributed by atoms with E-state index in [4.69, 9.17) is 9.47 Å². The van der Waals surface area contributed by atoms with Crippen LogP contribution in [0.15, 0.2) is 71.9 Å². The minimum atomic E-state index is 0.587. The van der Waals surface area contributed by atoms with E-state index in [1.807, 2.05) is 49.4 Å². The molecule has 0 aliphatic rings. The molecule has 2 aromatic carbocycles. The number of hydrogen-bond acceptors (Lipinski definition) is 4. The van der Waals surface area contributed by atoms with E-state index in [-0.39, 0.29) is 0 Å². The van der Waals surface area contributed by atoms with Gasteiger partial charge in [0.2, 0.25) is 0 Å². The molecule has 3 rings (SSSR count). The van der Waals surface area contributed by atoms with Gasteiger partial charge in [0.15, 0.2) is 17.5 Å². The Balaban J connectivity index is 1.66. The Morgan fingerprint density at radius 1 is 1.03 bits per heavy atom. The topological polar surface area (TPSA) is 67.8 Å². The van der Waals surface area contributed by atoms with Gasteiger partial charge in [0.1, 0.15) is 0 Å². The lowest BCUT2D eigenvalue weighted by Crippen LogP contribution is -2.30. The fourth-order valence-electron chi connectivity index (χ4n) is 2.90. The van der Waals surface area contributed by atoms with E-state index < -0.39 is 0 Å². The molecule has 6 heteroatoms. The summed E-state index contributed by atoms with van der Waals surface area (Å²) in [6.45, 7) is 3.17. The number of ether oxygens (including phenoxy) is 2. The van der Waals surface area contributed by atoms with Crippen molar-refractivity contribution in [2.45, 2.75) is 13.5 Å². The highest BCUT2D eigenvalue weighted by Gasteiger charge is 2.07. The van der Waals surface area contributed by atoms with E-state index in [0.29, 0.717) is 24.9 Å². The number of aromatic nitrogens is 1. The first kappa shape index (κ1) is 20.2. The second-order valence-electron chi connectivity index (χ2n) is 6.26. The predicted molar refractivity (Wildman–Crippen MR) is 118 cm³/mol. The number of anilines is 1. The maximum Gasteiger partial charge on any atom is 0.195 e. The zero-order valence-corrected chi connectivity index (χ0v) is 17.0. The van der Waals surface area contributed by atoms with E-state index in [2.05, 4.69) is 38.8 Å². The van der Waals surface area contributed by atoms with Crippen molar-refractivity contribution in [1.29, 1.82) is 0 Å². The highest BCUT2D eigenvalue weighted by molar-refractivity contribution is 5.93. The first-order valence-corrected chi connectivity index (χ1v) is 9.52. The van der Waals surface area contributed by atoms with Crippen LogP contribution >= 0.6 is 0 Å². The van der Waals surface area contributed by atoms with Crippen LogP contribution in [0.4, 0.5) is 5.69 Å². The van der Waals surface area contributed by atoms with E-state index in [1.165, 1.54) is 0 Å². The van der Waals surface area contributed by atoms with Crippen LogP contribution in [-0.2, 0) is 6.54 Å². The van der Waals surface area contributed by atoms with Gasteiger partial charge >= 0.3 is 0 Å². The van der Waals surface area contributed by atoms with Crippen molar-refractivity contribution in [3.63, 3.8) is 0 Å². The Kier molecular flexibility index (Phi) is 7.05. The van der Waals surface area contributed by atoms with Crippen molar-refractivity contribution in [3.8, 4) is 22.8 Å². The van der Waals surface area contributed by atoms with Crippen LogP contribution in [0.1, 0.15) is 12.5 Å². The number of methoxy groups -OCH3 is 1. The average molecular weight is 390 g/mol. The SMILES string of the molecule is CCOc1ccc(NC(=NC)NCc2cccc(-c3ccccn3)c2)cc1OC. The highest BCUT2D eigenvalue weighted by Crippen LogP contribution is 2.30. The number of aliphatic imine (C=N–C) groups is 1. The van der Waals surface area contributed by atoms with E-state index in [9.17, 15) is 0 Å². The highest BCUT2D eigenvalue weighted by atomic mass is 16.5. The van der Waals surface area contributed by atoms with Gasteiger partial charge in [-0.3, -0.25) is 9.98 Å². The van der Waals surface area contributed by atoms with Crippen molar-refractivity contribution >= 4 is 11.6 Å². The number of rotatable bonds is 7. The number of nitrogens with one attached hydrogen (secondary N) is 2. The number of pyridine rings is 1. The molecule has 1 aromatic heterocycles. The first-order valence-electron chi connectivity index (χ1n) is 9.52. The summed E-state index contributed by atoms with van der Waals surface area (Å²) in [5.41, 5.74) is 4.04. The van der Waals surface area contributed by atoms with E-state index in [1.54, 1.807) is 20.4 Å². The maximum atomic E-state index is 5.56. The van der Waals surface area contributed by atoms with Gasteiger partial charge < -0.3 is 20.1 Å². The van der Waals surface area contributed by atoms with Crippen LogP contribution < -0.4 is 20.1 Å². The van der Waals surface area contributed by atoms with Gasteiger partial charge in [-0.1, -0.05) is 24.3 Å². The van der Waals surface area contributed by atoms with Gasteiger partial charge in [-0.15, -0.1) is 0 Å². The Labute approximate surface area is 171 Å². The summed E-state index contributed by atoms with van der Waals surface area (Å²) >= 11 is 0. The fourth-order valence-corrected chi connectivity index (χ4v) is 2.90. The molecule has 0 bridgehead atoms. The number of hydrogen-bond donors (Lipinski definition) is 2. The summed E-state index contributed by atoms with van der Waals surface area (Å²) in [4.78, 5) is 8.72. The molecule has 29 heavy (non-hydrogen) atoms. The van der Waals surface area contributed by atoms with Gasteiger partial charge in [0.25, 0.3) is 0 Å². The van der Waals surface area contributed by atoms with Crippen molar-refractivity contribution in [2.24, 2.45) is 4.99 Å². The van der Waals surface area contributed by atoms with Crippen molar-refractivity contribution < 1.29 is 9.47 Å². The third-order valence-electron chi connectivity index (χ3n) is 4.30. The molecule has 150 valence electrons. The Bertz CT molecular complexity index is 958. The van der Waals surface area contributed by atoms with Gasteiger partial charge in [-0.05, 0) is 42.8 Å². The zero-order valence-electron chi connectivity index (χ0n) is 17.0. The molecule has 0 saturated heterocycles. The van der Waals surface area contributed by atoms with Crippen LogP contribution in [0.2, 0.25) is 0 Å². The lowest BCUT2D eigenvalue weighted by Gasteiger charge is -2.15. The maximum absolute atomic E-state index is 5.56. The smallest absolute Gasteiger partial charge is 0.195 e. The monoisotopic (exact) mass is 390 g/mol. The Morgan fingerprint density at radius 2 is 1.93 bits per heavy atom. The summed E-state index contributed by atoms with van der Waals surface area (Å²) in [7, 11) is 3.37. The zero-order chi connectivity index (χ0) is 20.5. The van der Waals surface area contributed by atoms with Crippen molar-refractivity contribution in [3.05, 3.63) is 72.4 Å². The predicted octanol–water partition coefficient (Wildman–Crippen LogP) is 4.34. The molecule has 0 saturated carbocycles. The molecule has 0 atom stereocenters. The minimum absolute atomic E-state index is 0.587. The number of nitrogens with zero attached hydrogens (tertiary/aromatic N) is 2. The molecule has 0 fully saturated rings. The molecular formula is C23H26N4O2. The molecule has 0 unspecified atom stereocenters. The summed E-state index contributed by atoms with van der Waals surface area (Å²) in [5.74, 6) is 2.06. The lowest BCUT2D eigenvalue weighted by molar-refractivity contribution is 0.311. The molecule has 1 heterocycles. The van der Waals surface area contributed by atoms with Gasteiger partial charge in [0.05, 0.1) is 19.4 Å². The Hall–Kier alpha value is -3.54. The Morgan fingerprint density at radius 3 is 2.66 bits per heavy atom. The lowest BCUT2D eigenvalue weighted by atomic mass is 10.1. The third kappa shape index (κ3) is 5.48. The van der Waals surface area contributed by atoms with Crippen LogP contribution in [-0.4, -0.2) is 31.7 Å². The summed E-state index contributed by atoms with van der Waals surface area (Å²) < 4.78 is 11.0. The van der Waals surface area contributed by atoms with Crippen LogP contribution in [0.5, 0.6) is 11.5 Å². The van der Waals surface area contributed by atoms with Gasteiger partial charge in [-0.2, -0.15) is 0 Å². The molecule has 2 N–H and O–H groups in total. The van der Waals surface area contributed by atoms with Gasteiger partial charge in [-0.25, -0.2) is 0 Å². The normalized spacial score (nSPS) is 11.1. The largest absolute Gasteiger partial charge is 0.493 e. The molecular weight excluding hydrogens is 364 g/mol. The second-order valence-corrected chi connectivity index (χ2v) is 6.26. The summed E-state index contributed by atoms with van der Waals surface area (Å²) in [6, 6.07) is 19.9. The van der Waals surface area contributed by atoms with Crippen molar-refractivity contribution in [1.82, 2.24) is 10.3 Å². The molecule has 0 aliphatic heterocycles. The quantitative estimate of drug-likeness (QED) is 0.464. The third-order valence-corrected chi connectivity index (χ3v) is 4.30. The molecule has 0 aliphatic carbocycles. The molecule has 6 nitrogen and oxygen atoms in total. The average Bonchev–Trinajstić information content (AvgIpc) is 2.78. The molecule has 0 spiro atoms. The molecule has 3 aromatic rings. The van der Waals surface area contributed by atoms with Crippen LogP contribution in [0.3, 0.4) is 0 Å². The molecule has 0 amide bonds. The standard InChI is InChI=1S/C23H26N4O2/c1-4-29-21-12-11-19(15-22(21)28-3)27-23(24-2)26-16-17-8-7-9-18(14-17)20-10-5-6-13-25-20/h5-15H,4,16H2,1-3H3,(H2,24,26,27). The second kappa shape index (κ2) is 10.1. The van der Waals surface area contributed by atoms with Gasteiger partial charge in [0, 0.05) is 37.1 Å². The number of guanidine groups is 1. The first-order chi connectivity index (χ1) is 14.2. The van der Waals surface area contributed by atoms with Crippen LogP contribution in [0.25, 0.3) is 11.3 Å². The van der Waals surface area contributed by atoms with E-state index in [0.717, 1.165) is 28.3 Å². The minimum Gasteiger partial charge on any atom is -0.493 e. The number of benzene rings is 2. The molecule has 0 radical (unpaired) electrons. The summed E-state index contributed by atoms with van der Waals surface area (Å²) in [6.07, 6.45) is 1.80. The summed E-state index contributed by atoms with van der Waals surface area (Å²) in [5, 5.41) is 6.62.